The van der Waals surface area contributed by atoms with Gasteiger partial charge in [0.1, 0.15) is 0 Å². The summed E-state index contributed by atoms with van der Waals surface area (Å²) in [5.74, 6) is -0.183. The molecule has 2 aromatic carbocycles. The Morgan fingerprint density at radius 2 is 1.86 bits per heavy atom. The Morgan fingerprint density at radius 3 is 2.48 bits per heavy atom. The molecule has 0 radical (unpaired) electrons. The van der Waals surface area contributed by atoms with E-state index in [2.05, 4.69) is 0 Å². The lowest BCUT2D eigenvalue weighted by atomic mass is 10.1. The van der Waals surface area contributed by atoms with Crippen LogP contribution in [0.15, 0.2) is 48.5 Å². The van der Waals surface area contributed by atoms with Crippen LogP contribution in [0, 0.1) is 17.0 Å². The van der Waals surface area contributed by atoms with Crippen molar-refractivity contribution in [3.63, 3.8) is 0 Å². The van der Waals surface area contributed by atoms with Gasteiger partial charge in [-0.25, -0.2) is 0 Å². The molecular formula is C16H12ClNO3. The number of nitro benzene ring substituents is 1. The first-order valence-corrected chi connectivity index (χ1v) is 6.58. The fourth-order valence-corrected chi connectivity index (χ4v) is 1.93. The molecule has 4 nitrogen and oxygen atoms in total. The number of nitro groups is 1. The molecule has 0 atom stereocenters. The summed E-state index contributed by atoms with van der Waals surface area (Å²) in [5, 5.41) is 11.1. The van der Waals surface area contributed by atoms with E-state index in [0.717, 1.165) is 5.56 Å². The van der Waals surface area contributed by atoms with Crippen molar-refractivity contribution in [2.24, 2.45) is 0 Å². The van der Waals surface area contributed by atoms with E-state index < -0.39 is 4.92 Å². The quantitative estimate of drug-likeness (QED) is 0.363. The summed E-state index contributed by atoms with van der Waals surface area (Å²) < 4.78 is 0. The first-order valence-electron chi connectivity index (χ1n) is 6.20. The molecule has 106 valence electrons. The molecule has 21 heavy (non-hydrogen) atoms. The van der Waals surface area contributed by atoms with Gasteiger partial charge in [0.05, 0.1) is 4.92 Å². The van der Waals surface area contributed by atoms with E-state index in [0.29, 0.717) is 16.1 Å². The predicted molar refractivity (Wildman–Crippen MR) is 82.6 cm³/mol. The van der Waals surface area contributed by atoms with Gasteiger partial charge in [-0.1, -0.05) is 41.4 Å². The minimum absolute atomic E-state index is 0.0677. The summed E-state index contributed by atoms with van der Waals surface area (Å²) in [5.41, 5.74) is 1.99. The van der Waals surface area contributed by atoms with Gasteiger partial charge in [-0.05, 0) is 30.7 Å². The van der Waals surface area contributed by atoms with Gasteiger partial charge in [-0.15, -0.1) is 0 Å². The topological polar surface area (TPSA) is 60.2 Å². The maximum Gasteiger partial charge on any atom is 0.270 e. The van der Waals surface area contributed by atoms with Crippen LogP contribution in [0.25, 0.3) is 6.08 Å². The number of hydrogen-bond acceptors (Lipinski definition) is 3. The number of aryl methyl sites for hydroxylation is 1. The van der Waals surface area contributed by atoms with Gasteiger partial charge in [-0.2, -0.15) is 0 Å². The van der Waals surface area contributed by atoms with Crippen LogP contribution in [0.3, 0.4) is 0 Å². The zero-order valence-electron chi connectivity index (χ0n) is 11.2. The van der Waals surface area contributed by atoms with Gasteiger partial charge in [0.15, 0.2) is 5.78 Å². The number of carbonyl (C=O) groups excluding carboxylic acids is 1. The van der Waals surface area contributed by atoms with Crippen LogP contribution in [-0.4, -0.2) is 10.7 Å². The van der Waals surface area contributed by atoms with Crippen LogP contribution < -0.4 is 0 Å². The number of non-ortho nitro benzene ring substituents is 1. The molecule has 0 saturated carbocycles. The Labute approximate surface area is 126 Å². The summed E-state index contributed by atoms with van der Waals surface area (Å²) in [7, 11) is 0. The summed E-state index contributed by atoms with van der Waals surface area (Å²) in [6.45, 7) is 1.94. The lowest BCUT2D eigenvalue weighted by Gasteiger charge is -1.99. The number of rotatable bonds is 4. The van der Waals surface area contributed by atoms with Crippen molar-refractivity contribution in [1.29, 1.82) is 0 Å². The number of nitrogens with zero attached hydrogens (tertiary/aromatic N) is 1. The van der Waals surface area contributed by atoms with Crippen LogP contribution in [-0.2, 0) is 0 Å². The number of ketones is 1. The fraction of sp³-hybridized carbons (Fsp3) is 0.0625. The Bertz CT molecular complexity index is 721. The molecule has 0 heterocycles. The van der Waals surface area contributed by atoms with Crippen molar-refractivity contribution >= 4 is 29.1 Å². The van der Waals surface area contributed by atoms with E-state index in [-0.39, 0.29) is 11.5 Å². The van der Waals surface area contributed by atoms with Crippen LogP contribution >= 0.6 is 11.6 Å². The molecule has 0 aliphatic rings. The maximum absolute atomic E-state index is 12.0. The summed E-state index contributed by atoms with van der Waals surface area (Å²) in [6.07, 6.45) is 2.84. The number of carbonyl (C=O) groups is 1. The van der Waals surface area contributed by atoms with E-state index in [1.807, 2.05) is 19.1 Å². The molecular weight excluding hydrogens is 290 g/mol. The molecule has 0 aliphatic carbocycles. The van der Waals surface area contributed by atoms with Crippen LogP contribution in [0.2, 0.25) is 5.02 Å². The number of halogens is 1. The Kier molecular flexibility index (Phi) is 4.50. The first-order chi connectivity index (χ1) is 9.97. The minimum Gasteiger partial charge on any atom is -0.289 e. The highest BCUT2D eigenvalue weighted by molar-refractivity contribution is 6.32. The predicted octanol–water partition coefficient (Wildman–Crippen LogP) is 4.45. The largest absolute Gasteiger partial charge is 0.289 e. The van der Waals surface area contributed by atoms with Crippen molar-refractivity contribution in [1.82, 2.24) is 0 Å². The molecule has 0 saturated heterocycles. The second-order valence-corrected chi connectivity index (χ2v) is 4.93. The molecule has 2 rings (SSSR count). The minimum atomic E-state index is -0.505. The molecule has 0 bridgehead atoms. The highest BCUT2D eigenvalue weighted by atomic mass is 35.5. The molecule has 0 amide bonds. The lowest BCUT2D eigenvalue weighted by Crippen LogP contribution is -1.94. The average molecular weight is 302 g/mol. The molecule has 5 heteroatoms. The second kappa shape index (κ2) is 6.33. The van der Waals surface area contributed by atoms with Crippen molar-refractivity contribution in [3.8, 4) is 0 Å². The fourth-order valence-electron chi connectivity index (χ4n) is 1.75. The normalized spacial score (nSPS) is 10.8. The van der Waals surface area contributed by atoms with Gasteiger partial charge >= 0.3 is 0 Å². The number of hydrogen-bond donors (Lipinski definition) is 0. The highest BCUT2D eigenvalue weighted by Gasteiger charge is 2.08. The van der Waals surface area contributed by atoms with Gasteiger partial charge in [0, 0.05) is 22.7 Å². The zero-order chi connectivity index (χ0) is 15.4. The van der Waals surface area contributed by atoms with Crippen LogP contribution in [0.5, 0.6) is 0 Å². The van der Waals surface area contributed by atoms with E-state index in [4.69, 9.17) is 11.6 Å². The van der Waals surface area contributed by atoms with Crippen LogP contribution in [0.4, 0.5) is 5.69 Å². The average Bonchev–Trinajstić information content (AvgIpc) is 2.46. The van der Waals surface area contributed by atoms with E-state index in [1.54, 1.807) is 12.1 Å². The lowest BCUT2D eigenvalue weighted by molar-refractivity contribution is -0.384. The molecule has 0 fully saturated rings. The van der Waals surface area contributed by atoms with Crippen molar-refractivity contribution in [3.05, 3.63) is 80.4 Å². The van der Waals surface area contributed by atoms with Gasteiger partial charge in [0.25, 0.3) is 5.69 Å². The van der Waals surface area contributed by atoms with Crippen molar-refractivity contribution in [2.75, 3.05) is 0 Å². The molecule has 0 unspecified atom stereocenters. The van der Waals surface area contributed by atoms with E-state index >= 15 is 0 Å². The Morgan fingerprint density at radius 1 is 1.19 bits per heavy atom. The summed E-state index contributed by atoms with van der Waals surface area (Å²) >= 11 is 5.97. The SMILES string of the molecule is Cc1ccc(C(=O)C=Cc2cc([N+](=O)[O-])ccc2Cl)cc1. The van der Waals surface area contributed by atoms with Gasteiger partial charge < -0.3 is 0 Å². The third-order valence-corrected chi connectivity index (χ3v) is 3.28. The van der Waals surface area contributed by atoms with Crippen LogP contribution in [0.1, 0.15) is 21.5 Å². The smallest absolute Gasteiger partial charge is 0.270 e. The van der Waals surface area contributed by atoms with Crippen molar-refractivity contribution < 1.29 is 9.72 Å². The molecule has 0 aliphatic heterocycles. The standard InChI is InChI=1S/C16H12ClNO3/c1-11-2-4-12(5-3-11)16(19)9-6-13-10-14(18(20)21)7-8-15(13)17/h2-10H,1H3. The molecule has 0 N–H and O–H groups in total. The third-order valence-electron chi connectivity index (χ3n) is 2.94. The third kappa shape index (κ3) is 3.77. The monoisotopic (exact) mass is 301 g/mol. The van der Waals surface area contributed by atoms with Gasteiger partial charge in [-0.3, -0.25) is 14.9 Å². The maximum atomic E-state index is 12.0. The second-order valence-electron chi connectivity index (χ2n) is 4.53. The Balaban J connectivity index is 2.24. The highest BCUT2D eigenvalue weighted by Crippen LogP contribution is 2.23. The number of allylic oxidation sites excluding steroid dienone is 1. The molecule has 2 aromatic rings. The Hall–Kier alpha value is -2.46. The van der Waals surface area contributed by atoms with Gasteiger partial charge in [0.2, 0.25) is 0 Å². The summed E-state index contributed by atoms with van der Waals surface area (Å²) in [4.78, 5) is 22.2. The summed E-state index contributed by atoms with van der Waals surface area (Å²) in [6, 6.07) is 11.3. The number of benzene rings is 2. The first kappa shape index (κ1) is 14.9. The van der Waals surface area contributed by atoms with E-state index in [9.17, 15) is 14.9 Å². The molecule has 0 spiro atoms. The molecule has 0 aromatic heterocycles. The van der Waals surface area contributed by atoms with Crippen molar-refractivity contribution in [2.45, 2.75) is 6.92 Å². The van der Waals surface area contributed by atoms with E-state index in [1.165, 1.54) is 30.4 Å². The zero-order valence-corrected chi connectivity index (χ0v) is 12.0.